The van der Waals surface area contributed by atoms with Crippen LogP contribution < -0.4 is 5.32 Å². The van der Waals surface area contributed by atoms with Gasteiger partial charge in [-0.3, -0.25) is 4.68 Å². The van der Waals surface area contributed by atoms with E-state index >= 15 is 0 Å². The topological polar surface area (TPSA) is 29.9 Å². The lowest BCUT2D eigenvalue weighted by atomic mass is 9.94. The van der Waals surface area contributed by atoms with E-state index in [1.807, 2.05) is 4.68 Å². The van der Waals surface area contributed by atoms with Gasteiger partial charge in [-0.25, -0.2) is 0 Å². The predicted molar refractivity (Wildman–Crippen MR) is 86.5 cm³/mol. The van der Waals surface area contributed by atoms with Crippen molar-refractivity contribution in [3.05, 3.63) is 53.3 Å². The molecule has 0 amide bonds. The summed E-state index contributed by atoms with van der Waals surface area (Å²) in [6, 6.07) is 13.9. The smallest absolute Gasteiger partial charge is 0.0624 e. The summed E-state index contributed by atoms with van der Waals surface area (Å²) >= 11 is 0. The molecule has 0 spiro atoms. The molecule has 1 atom stereocenters. The van der Waals surface area contributed by atoms with Crippen LogP contribution in [-0.4, -0.2) is 22.4 Å². The number of nitrogens with one attached hydrogen (secondary N) is 1. The van der Waals surface area contributed by atoms with Crippen molar-refractivity contribution < 1.29 is 0 Å². The maximum Gasteiger partial charge on any atom is 0.0624 e. The number of rotatable bonds is 7. The minimum absolute atomic E-state index is 0.520. The summed E-state index contributed by atoms with van der Waals surface area (Å²) in [5.74, 6) is 0.520. The van der Waals surface area contributed by atoms with E-state index in [2.05, 4.69) is 60.8 Å². The lowest BCUT2D eigenvalue weighted by molar-refractivity contribution is 0.557. The molecule has 3 rings (SSSR count). The molecule has 1 fully saturated rings. The molecule has 1 saturated carbocycles. The fourth-order valence-electron chi connectivity index (χ4n) is 2.82. The Kier molecular flexibility index (Phi) is 4.39. The van der Waals surface area contributed by atoms with Gasteiger partial charge in [0.2, 0.25) is 0 Å². The number of aryl methyl sites for hydroxylation is 2. The molecule has 1 N–H and O–H groups in total. The molecule has 1 aromatic heterocycles. The Morgan fingerprint density at radius 3 is 2.67 bits per heavy atom. The van der Waals surface area contributed by atoms with Crippen LogP contribution in [0.1, 0.15) is 42.6 Å². The Bertz CT molecular complexity index is 569. The first-order valence-electron chi connectivity index (χ1n) is 8.06. The molecular weight excluding hydrogens is 258 g/mol. The largest absolute Gasteiger partial charge is 0.313 e. The Labute approximate surface area is 127 Å². The highest BCUT2D eigenvalue weighted by Crippen LogP contribution is 2.24. The third kappa shape index (κ3) is 3.73. The molecule has 0 saturated heterocycles. The third-order valence-electron chi connectivity index (χ3n) is 4.35. The fourth-order valence-corrected chi connectivity index (χ4v) is 2.82. The molecule has 0 bridgehead atoms. The first-order chi connectivity index (χ1) is 10.3. The van der Waals surface area contributed by atoms with Crippen molar-refractivity contribution in [3.8, 4) is 0 Å². The van der Waals surface area contributed by atoms with Gasteiger partial charge in [-0.1, -0.05) is 37.3 Å². The summed E-state index contributed by atoms with van der Waals surface area (Å²) in [4.78, 5) is 0. The van der Waals surface area contributed by atoms with E-state index in [9.17, 15) is 0 Å². The predicted octanol–water partition coefficient (Wildman–Crippen LogP) is 3.06. The van der Waals surface area contributed by atoms with Gasteiger partial charge in [-0.2, -0.15) is 5.10 Å². The van der Waals surface area contributed by atoms with Crippen molar-refractivity contribution in [2.45, 2.75) is 44.6 Å². The molecule has 1 heterocycles. The third-order valence-corrected chi connectivity index (χ3v) is 4.35. The zero-order valence-corrected chi connectivity index (χ0v) is 13.0. The first kappa shape index (κ1) is 14.3. The molecule has 1 aliphatic rings. The highest BCUT2D eigenvalue weighted by atomic mass is 15.3. The fraction of sp³-hybridized carbons (Fsp3) is 0.500. The Balaban J connectivity index is 1.75. The standard InChI is InChI=1S/C18H25N3/c1-3-16-12-18(21(2)20-16)11-15(13-19-17-9-10-17)14-7-5-4-6-8-14/h4-8,12,15,17,19H,3,9-11,13H2,1-2H3. The summed E-state index contributed by atoms with van der Waals surface area (Å²) in [6.07, 6.45) is 4.73. The van der Waals surface area contributed by atoms with Crippen molar-refractivity contribution in [2.75, 3.05) is 6.54 Å². The number of nitrogens with zero attached hydrogens (tertiary/aromatic N) is 2. The number of benzene rings is 1. The van der Waals surface area contributed by atoms with Crippen LogP contribution in [0.15, 0.2) is 36.4 Å². The van der Waals surface area contributed by atoms with Gasteiger partial charge in [-0.05, 0) is 37.3 Å². The van der Waals surface area contributed by atoms with Crippen LogP contribution >= 0.6 is 0 Å². The van der Waals surface area contributed by atoms with E-state index in [1.54, 1.807) is 0 Å². The van der Waals surface area contributed by atoms with Gasteiger partial charge in [0.15, 0.2) is 0 Å². The van der Waals surface area contributed by atoms with Gasteiger partial charge in [0, 0.05) is 31.2 Å². The molecule has 3 heteroatoms. The van der Waals surface area contributed by atoms with Gasteiger partial charge < -0.3 is 5.32 Å². The quantitative estimate of drug-likeness (QED) is 0.846. The minimum atomic E-state index is 0.520. The second-order valence-corrected chi connectivity index (χ2v) is 6.10. The summed E-state index contributed by atoms with van der Waals surface area (Å²) in [6.45, 7) is 3.22. The maximum absolute atomic E-state index is 4.58. The van der Waals surface area contributed by atoms with Crippen molar-refractivity contribution in [3.63, 3.8) is 0 Å². The molecule has 112 valence electrons. The van der Waals surface area contributed by atoms with Crippen LogP contribution in [0.3, 0.4) is 0 Å². The van der Waals surface area contributed by atoms with Crippen LogP contribution in [0.25, 0.3) is 0 Å². The van der Waals surface area contributed by atoms with E-state index < -0.39 is 0 Å². The lowest BCUT2D eigenvalue weighted by Crippen LogP contribution is -2.25. The molecule has 3 nitrogen and oxygen atoms in total. The molecule has 0 radical (unpaired) electrons. The zero-order chi connectivity index (χ0) is 14.7. The molecule has 2 aromatic rings. The summed E-state index contributed by atoms with van der Waals surface area (Å²) in [5.41, 5.74) is 3.94. The molecule has 0 aliphatic heterocycles. The van der Waals surface area contributed by atoms with Crippen LogP contribution in [0.5, 0.6) is 0 Å². The highest BCUT2D eigenvalue weighted by Gasteiger charge is 2.23. The van der Waals surface area contributed by atoms with E-state index in [0.717, 1.165) is 25.4 Å². The first-order valence-corrected chi connectivity index (χ1v) is 8.06. The van der Waals surface area contributed by atoms with Gasteiger partial charge in [0.1, 0.15) is 0 Å². The summed E-state index contributed by atoms with van der Waals surface area (Å²) < 4.78 is 2.05. The van der Waals surface area contributed by atoms with Crippen molar-refractivity contribution in [2.24, 2.45) is 7.05 Å². The second-order valence-electron chi connectivity index (χ2n) is 6.10. The SMILES string of the molecule is CCc1cc(CC(CNC2CC2)c2ccccc2)n(C)n1. The Morgan fingerprint density at radius 2 is 2.05 bits per heavy atom. The maximum atomic E-state index is 4.58. The molecule has 21 heavy (non-hydrogen) atoms. The van der Waals surface area contributed by atoms with Gasteiger partial charge in [0.25, 0.3) is 0 Å². The van der Waals surface area contributed by atoms with Crippen molar-refractivity contribution in [1.29, 1.82) is 0 Å². The summed E-state index contributed by atoms with van der Waals surface area (Å²) in [7, 11) is 2.06. The number of hydrogen-bond acceptors (Lipinski definition) is 2. The average molecular weight is 283 g/mol. The lowest BCUT2D eigenvalue weighted by Gasteiger charge is -2.18. The van der Waals surface area contributed by atoms with Crippen LogP contribution in [-0.2, 0) is 19.9 Å². The molecular formula is C18H25N3. The van der Waals surface area contributed by atoms with E-state index in [-0.39, 0.29) is 0 Å². The van der Waals surface area contributed by atoms with Gasteiger partial charge >= 0.3 is 0 Å². The van der Waals surface area contributed by atoms with E-state index in [4.69, 9.17) is 0 Å². The molecule has 1 aromatic carbocycles. The Hall–Kier alpha value is -1.61. The normalized spacial score (nSPS) is 16.1. The van der Waals surface area contributed by atoms with Gasteiger partial charge in [0.05, 0.1) is 5.69 Å². The number of hydrogen-bond donors (Lipinski definition) is 1. The van der Waals surface area contributed by atoms with Crippen LogP contribution in [0.4, 0.5) is 0 Å². The Morgan fingerprint density at radius 1 is 1.29 bits per heavy atom. The highest BCUT2D eigenvalue weighted by molar-refractivity contribution is 5.23. The molecule has 1 unspecified atom stereocenters. The van der Waals surface area contributed by atoms with Crippen molar-refractivity contribution >= 4 is 0 Å². The monoisotopic (exact) mass is 283 g/mol. The van der Waals surface area contributed by atoms with Crippen LogP contribution in [0, 0.1) is 0 Å². The number of aromatic nitrogens is 2. The average Bonchev–Trinajstić information content (AvgIpc) is 3.27. The van der Waals surface area contributed by atoms with E-state index in [0.29, 0.717) is 5.92 Å². The molecule has 1 aliphatic carbocycles. The second kappa shape index (κ2) is 6.44. The zero-order valence-electron chi connectivity index (χ0n) is 13.0. The van der Waals surface area contributed by atoms with Crippen molar-refractivity contribution in [1.82, 2.24) is 15.1 Å². The van der Waals surface area contributed by atoms with Crippen LogP contribution in [0.2, 0.25) is 0 Å². The summed E-state index contributed by atoms with van der Waals surface area (Å²) in [5, 5.41) is 8.27. The van der Waals surface area contributed by atoms with Gasteiger partial charge in [-0.15, -0.1) is 0 Å². The minimum Gasteiger partial charge on any atom is -0.313 e. The van der Waals surface area contributed by atoms with E-state index in [1.165, 1.54) is 29.8 Å².